The summed E-state index contributed by atoms with van der Waals surface area (Å²) in [5.74, 6) is 0. The molecule has 0 unspecified atom stereocenters. The van der Waals surface area contributed by atoms with E-state index in [4.69, 9.17) is 0 Å². The maximum absolute atomic E-state index is 2.34. The average Bonchev–Trinajstić information content (AvgIpc) is 2.86. The van der Waals surface area contributed by atoms with Crippen molar-refractivity contribution in [3.63, 3.8) is 0 Å². The highest BCUT2D eigenvalue weighted by Gasteiger charge is 2.25. The summed E-state index contributed by atoms with van der Waals surface area (Å²) in [5.41, 5.74) is 6.84. The van der Waals surface area contributed by atoms with Gasteiger partial charge in [0.05, 0.1) is 5.56 Å². The Kier molecular flexibility index (Phi) is 2.37. The van der Waals surface area contributed by atoms with E-state index in [1.54, 1.807) is 0 Å². The van der Waals surface area contributed by atoms with E-state index in [0.717, 1.165) is 13.0 Å². The number of hydrogen-bond acceptors (Lipinski definition) is 0. The molecular weight excluding hydrogens is 230 g/mol. The predicted octanol–water partition coefficient (Wildman–Crippen LogP) is 3.74. The molecule has 1 aliphatic heterocycles. The van der Waals surface area contributed by atoms with Crippen LogP contribution in [0.2, 0.25) is 0 Å². The molecule has 0 saturated carbocycles. The van der Waals surface area contributed by atoms with E-state index in [2.05, 4.69) is 65.4 Å². The highest BCUT2D eigenvalue weighted by molar-refractivity contribution is 5.77. The second kappa shape index (κ2) is 4.20. The number of aromatic nitrogens is 1. The topological polar surface area (TPSA) is 3.88 Å². The molecule has 0 fully saturated rings. The lowest BCUT2D eigenvalue weighted by molar-refractivity contribution is -0.672. The summed E-state index contributed by atoms with van der Waals surface area (Å²) < 4.78 is 2.33. The Bertz CT molecular complexity index is 707. The second-order valence-corrected chi connectivity index (χ2v) is 5.22. The third kappa shape index (κ3) is 1.74. The summed E-state index contributed by atoms with van der Waals surface area (Å²) in [5, 5.41) is 0. The van der Waals surface area contributed by atoms with Crippen LogP contribution in [0.4, 0.5) is 0 Å². The molecule has 0 bridgehead atoms. The largest absolute Gasteiger partial charge is 0.213 e. The Hall–Kier alpha value is -2.15. The van der Waals surface area contributed by atoms with Gasteiger partial charge in [-0.25, -0.2) is 0 Å². The van der Waals surface area contributed by atoms with Crippen molar-refractivity contribution in [2.24, 2.45) is 0 Å². The van der Waals surface area contributed by atoms with Gasteiger partial charge in [0, 0.05) is 17.7 Å². The molecule has 2 heterocycles. The van der Waals surface area contributed by atoms with Crippen LogP contribution in [0.1, 0.15) is 24.0 Å². The first-order chi connectivity index (χ1) is 9.42. The lowest BCUT2D eigenvalue weighted by Gasteiger charge is -2.06. The summed E-state index contributed by atoms with van der Waals surface area (Å²) in [6.07, 6.45) is 11.4. The highest BCUT2D eigenvalue weighted by Crippen LogP contribution is 2.29. The zero-order chi connectivity index (χ0) is 12.7. The van der Waals surface area contributed by atoms with Gasteiger partial charge in [0.1, 0.15) is 0 Å². The van der Waals surface area contributed by atoms with Crippen LogP contribution >= 0.6 is 0 Å². The fourth-order valence-corrected chi connectivity index (χ4v) is 3.00. The maximum Gasteiger partial charge on any atom is 0.213 e. The van der Waals surface area contributed by atoms with Crippen LogP contribution in [0.5, 0.6) is 0 Å². The quantitative estimate of drug-likeness (QED) is 0.576. The summed E-state index contributed by atoms with van der Waals surface area (Å²) in [6.45, 7) is 1.00. The first-order valence-electron chi connectivity index (χ1n) is 6.91. The summed E-state index contributed by atoms with van der Waals surface area (Å²) in [7, 11) is 0. The van der Waals surface area contributed by atoms with Crippen molar-refractivity contribution in [1.29, 1.82) is 0 Å². The zero-order valence-corrected chi connectivity index (χ0v) is 10.8. The summed E-state index contributed by atoms with van der Waals surface area (Å²) in [4.78, 5) is 0. The number of allylic oxidation sites excluding steroid dienone is 4. The molecule has 0 spiro atoms. The van der Waals surface area contributed by atoms with Crippen molar-refractivity contribution in [2.45, 2.75) is 19.4 Å². The Morgan fingerprint density at radius 1 is 1.00 bits per heavy atom. The number of rotatable bonds is 1. The molecule has 0 saturated heterocycles. The molecule has 0 N–H and O–H groups in total. The van der Waals surface area contributed by atoms with Crippen LogP contribution in [0.25, 0.3) is 16.8 Å². The molecule has 19 heavy (non-hydrogen) atoms. The second-order valence-electron chi connectivity index (χ2n) is 5.22. The predicted molar refractivity (Wildman–Crippen MR) is 77.5 cm³/mol. The molecule has 4 rings (SSSR count). The summed E-state index contributed by atoms with van der Waals surface area (Å²) in [6, 6.07) is 13.3. The average molecular weight is 246 g/mol. The minimum absolute atomic E-state index is 1.00. The minimum Gasteiger partial charge on any atom is -0.194 e. The van der Waals surface area contributed by atoms with Gasteiger partial charge >= 0.3 is 0 Å². The number of pyridine rings is 1. The highest BCUT2D eigenvalue weighted by atomic mass is 15.0. The Morgan fingerprint density at radius 3 is 2.84 bits per heavy atom. The molecule has 0 radical (unpaired) electrons. The Balaban J connectivity index is 1.84. The van der Waals surface area contributed by atoms with Gasteiger partial charge < -0.3 is 0 Å². The maximum atomic E-state index is 2.34. The zero-order valence-electron chi connectivity index (χ0n) is 10.8. The van der Waals surface area contributed by atoms with Crippen LogP contribution in [-0.4, -0.2) is 0 Å². The molecule has 2 aromatic rings. The number of nitrogens with zero attached hydrogens (tertiary/aromatic N) is 1. The van der Waals surface area contributed by atoms with Crippen LogP contribution < -0.4 is 4.57 Å². The van der Waals surface area contributed by atoms with Crippen molar-refractivity contribution in [3.8, 4) is 11.3 Å². The van der Waals surface area contributed by atoms with Crippen molar-refractivity contribution in [3.05, 3.63) is 72.0 Å². The number of fused-ring (bicyclic) bond motifs is 3. The SMILES string of the molecule is C1=CC(c2cc[n+]3c(c2)-c2ccccc2C3)=CCC1. The van der Waals surface area contributed by atoms with Crippen molar-refractivity contribution in [1.82, 2.24) is 0 Å². The van der Waals surface area contributed by atoms with Gasteiger partial charge in [-0.1, -0.05) is 36.4 Å². The molecule has 2 aliphatic rings. The van der Waals surface area contributed by atoms with E-state index in [-0.39, 0.29) is 0 Å². The minimum atomic E-state index is 1.00. The van der Waals surface area contributed by atoms with Gasteiger partial charge in [-0.15, -0.1) is 0 Å². The molecule has 0 atom stereocenters. The number of benzene rings is 1. The molecule has 92 valence electrons. The van der Waals surface area contributed by atoms with Gasteiger partial charge in [0.2, 0.25) is 5.69 Å². The van der Waals surface area contributed by atoms with Crippen molar-refractivity contribution < 1.29 is 4.57 Å². The van der Waals surface area contributed by atoms with Crippen LogP contribution in [0.3, 0.4) is 0 Å². The van der Waals surface area contributed by atoms with Gasteiger partial charge in [-0.05, 0) is 30.0 Å². The van der Waals surface area contributed by atoms with Crippen LogP contribution in [0.15, 0.2) is 60.8 Å². The van der Waals surface area contributed by atoms with Gasteiger partial charge in [0.15, 0.2) is 12.7 Å². The van der Waals surface area contributed by atoms with E-state index >= 15 is 0 Å². The molecule has 1 aliphatic carbocycles. The number of hydrogen-bond donors (Lipinski definition) is 0. The molecule has 1 aromatic carbocycles. The van der Waals surface area contributed by atoms with Crippen molar-refractivity contribution in [2.75, 3.05) is 0 Å². The van der Waals surface area contributed by atoms with E-state index in [9.17, 15) is 0 Å². The lowest BCUT2D eigenvalue weighted by Crippen LogP contribution is -2.31. The Labute approximate surface area is 113 Å². The van der Waals surface area contributed by atoms with Gasteiger partial charge in [-0.3, -0.25) is 0 Å². The molecule has 0 amide bonds. The van der Waals surface area contributed by atoms with E-state index in [1.165, 1.54) is 34.4 Å². The van der Waals surface area contributed by atoms with Crippen LogP contribution in [0, 0.1) is 0 Å². The van der Waals surface area contributed by atoms with E-state index in [1.807, 2.05) is 0 Å². The lowest BCUT2D eigenvalue weighted by atomic mass is 9.98. The van der Waals surface area contributed by atoms with Gasteiger partial charge in [0.25, 0.3) is 0 Å². The van der Waals surface area contributed by atoms with Crippen LogP contribution in [-0.2, 0) is 6.54 Å². The van der Waals surface area contributed by atoms with Crippen molar-refractivity contribution >= 4 is 5.57 Å². The molecule has 1 heteroatoms. The third-order valence-corrected chi connectivity index (χ3v) is 4.00. The molecule has 1 nitrogen and oxygen atoms in total. The smallest absolute Gasteiger partial charge is 0.194 e. The monoisotopic (exact) mass is 246 g/mol. The molecule has 1 aromatic heterocycles. The Morgan fingerprint density at radius 2 is 1.95 bits per heavy atom. The first kappa shape index (κ1) is 10.7. The first-order valence-corrected chi connectivity index (χ1v) is 6.91. The standard InChI is InChI=1S/C18H16N/c1-2-6-14(7-3-1)15-10-11-19-13-16-8-4-5-9-17(16)18(19)12-15/h2,4-12H,1,3,13H2/q+1. The molecular formula is C18H16N+. The fraction of sp³-hybridized carbons (Fsp3) is 0.167. The third-order valence-electron chi connectivity index (χ3n) is 4.00. The summed E-state index contributed by atoms with van der Waals surface area (Å²) >= 11 is 0. The van der Waals surface area contributed by atoms with E-state index in [0.29, 0.717) is 0 Å². The fourth-order valence-electron chi connectivity index (χ4n) is 3.00. The van der Waals surface area contributed by atoms with Gasteiger partial charge in [-0.2, -0.15) is 4.57 Å². The normalized spacial score (nSPS) is 15.9. The van der Waals surface area contributed by atoms with E-state index < -0.39 is 0 Å².